The SMILES string of the molecule is Cc1cc(C)n(-c2cccc(CN3CCC(c4nnc(CO)n4C)CC3)c2)n1. The molecule has 0 atom stereocenters. The fourth-order valence-corrected chi connectivity index (χ4v) is 4.15. The third-order valence-corrected chi connectivity index (χ3v) is 5.66. The zero-order valence-electron chi connectivity index (χ0n) is 16.8. The van der Waals surface area contributed by atoms with Gasteiger partial charge in [0.2, 0.25) is 0 Å². The number of rotatable bonds is 5. The van der Waals surface area contributed by atoms with E-state index in [-0.39, 0.29) is 6.61 Å². The standard InChI is InChI=1S/C21H28N6O/c1-15-11-16(2)27(24-15)19-6-4-5-17(12-19)13-26-9-7-18(8-10-26)21-23-22-20(14-28)25(21)3/h4-6,11-12,18,28H,7-10,13-14H2,1-3H3. The van der Waals surface area contributed by atoms with Crippen molar-refractivity contribution in [3.05, 3.63) is 58.9 Å². The molecule has 0 spiro atoms. The van der Waals surface area contributed by atoms with Crippen LogP contribution in [0.3, 0.4) is 0 Å². The lowest BCUT2D eigenvalue weighted by atomic mass is 9.95. The van der Waals surface area contributed by atoms with Crippen LogP contribution in [0, 0.1) is 13.8 Å². The molecule has 7 heteroatoms. The van der Waals surface area contributed by atoms with Crippen molar-refractivity contribution in [2.45, 2.75) is 45.8 Å². The van der Waals surface area contributed by atoms with Gasteiger partial charge in [-0.05, 0) is 63.5 Å². The Morgan fingerprint density at radius 3 is 2.54 bits per heavy atom. The molecule has 0 saturated carbocycles. The van der Waals surface area contributed by atoms with Crippen molar-refractivity contribution in [1.29, 1.82) is 0 Å². The van der Waals surface area contributed by atoms with Crippen molar-refractivity contribution in [1.82, 2.24) is 29.4 Å². The van der Waals surface area contributed by atoms with Gasteiger partial charge >= 0.3 is 0 Å². The van der Waals surface area contributed by atoms with E-state index in [9.17, 15) is 5.11 Å². The molecule has 1 N–H and O–H groups in total. The monoisotopic (exact) mass is 380 g/mol. The molecule has 4 rings (SSSR count). The number of likely N-dealkylation sites (tertiary alicyclic amines) is 1. The highest BCUT2D eigenvalue weighted by Crippen LogP contribution is 2.27. The minimum Gasteiger partial charge on any atom is -0.388 e. The number of hydrogen-bond acceptors (Lipinski definition) is 5. The van der Waals surface area contributed by atoms with Gasteiger partial charge in [0.15, 0.2) is 5.82 Å². The van der Waals surface area contributed by atoms with E-state index in [2.05, 4.69) is 57.5 Å². The fraction of sp³-hybridized carbons (Fsp3) is 0.476. The quantitative estimate of drug-likeness (QED) is 0.736. The Balaban J connectivity index is 1.40. The van der Waals surface area contributed by atoms with Gasteiger partial charge in [-0.25, -0.2) is 4.68 Å². The number of piperidine rings is 1. The highest BCUT2D eigenvalue weighted by molar-refractivity contribution is 5.37. The summed E-state index contributed by atoms with van der Waals surface area (Å²) >= 11 is 0. The summed E-state index contributed by atoms with van der Waals surface area (Å²) in [6.07, 6.45) is 2.13. The molecule has 1 aliphatic rings. The minimum absolute atomic E-state index is 0.0616. The minimum atomic E-state index is -0.0616. The topological polar surface area (TPSA) is 72.0 Å². The molecule has 0 amide bonds. The molecule has 7 nitrogen and oxygen atoms in total. The van der Waals surface area contributed by atoms with Crippen LogP contribution < -0.4 is 0 Å². The van der Waals surface area contributed by atoms with E-state index in [4.69, 9.17) is 0 Å². The molecule has 0 aliphatic carbocycles. The second-order valence-electron chi connectivity index (χ2n) is 7.75. The van der Waals surface area contributed by atoms with Gasteiger partial charge < -0.3 is 9.67 Å². The second kappa shape index (κ2) is 7.85. The van der Waals surface area contributed by atoms with Crippen LogP contribution in [0.5, 0.6) is 0 Å². The highest BCUT2D eigenvalue weighted by atomic mass is 16.3. The largest absolute Gasteiger partial charge is 0.388 e. The van der Waals surface area contributed by atoms with Crippen LogP contribution in [0.1, 0.15) is 47.4 Å². The van der Waals surface area contributed by atoms with Crippen LogP contribution in [0.4, 0.5) is 0 Å². The van der Waals surface area contributed by atoms with E-state index >= 15 is 0 Å². The summed E-state index contributed by atoms with van der Waals surface area (Å²) in [6.45, 7) is 7.07. The third kappa shape index (κ3) is 3.72. The maximum atomic E-state index is 9.32. The second-order valence-corrected chi connectivity index (χ2v) is 7.75. The molecule has 148 valence electrons. The van der Waals surface area contributed by atoms with Crippen molar-refractivity contribution < 1.29 is 5.11 Å². The van der Waals surface area contributed by atoms with E-state index in [1.54, 1.807) is 0 Å². The van der Waals surface area contributed by atoms with Gasteiger partial charge in [-0.2, -0.15) is 5.10 Å². The Bertz CT molecular complexity index is 952. The molecule has 0 bridgehead atoms. The number of nitrogens with zero attached hydrogens (tertiary/aromatic N) is 6. The van der Waals surface area contributed by atoms with Crippen LogP contribution in [-0.4, -0.2) is 47.6 Å². The molecule has 2 aromatic heterocycles. The molecule has 3 heterocycles. The average Bonchev–Trinajstić information content (AvgIpc) is 3.24. The summed E-state index contributed by atoms with van der Waals surface area (Å²) in [4.78, 5) is 2.50. The first-order valence-corrected chi connectivity index (χ1v) is 9.89. The lowest BCUT2D eigenvalue weighted by Gasteiger charge is -2.31. The highest BCUT2D eigenvalue weighted by Gasteiger charge is 2.25. The first-order chi connectivity index (χ1) is 13.5. The molecule has 1 fully saturated rings. The van der Waals surface area contributed by atoms with Crippen molar-refractivity contribution in [2.75, 3.05) is 13.1 Å². The summed E-state index contributed by atoms with van der Waals surface area (Å²) in [5.74, 6) is 2.05. The lowest BCUT2D eigenvalue weighted by Crippen LogP contribution is -2.33. The van der Waals surface area contributed by atoms with E-state index in [1.807, 2.05) is 23.2 Å². The van der Waals surface area contributed by atoms with E-state index in [1.165, 1.54) is 5.56 Å². The Kier molecular flexibility index (Phi) is 5.28. The van der Waals surface area contributed by atoms with Gasteiger partial charge in [0.05, 0.1) is 11.4 Å². The van der Waals surface area contributed by atoms with Crippen molar-refractivity contribution in [3.63, 3.8) is 0 Å². The first kappa shape index (κ1) is 18.8. The van der Waals surface area contributed by atoms with E-state index in [0.717, 1.165) is 55.4 Å². The molecular weight excluding hydrogens is 352 g/mol. The predicted octanol–water partition coefficient (Wildman–Crippen LogP) is 2.49. The molecule has 1 aromatic carbocycles. The van der Waals surface area contributed by atoms with E-state index in [0.29, 0.717) is 11.7 Å². The maximum Gasteiger partial charge on any atom is 0.158 e. The third-order valence-electron chi connectivity index (χ3n) is 5.66. The predicted molar refractivity (Wildman–Crippen MR) is 107 cm³/mol. The zero-order valence-corrected chi connectivity index (χ0v) is 16.8. The Hall–Kier alpha value is -2.51. The van der Waals surface area contributed by atoms with Crippen LogP contribution >= 0.6 is 0 Å². The van der Waals surface area contributed by atoms with Crippen LogP contribution in [-0.2, 0) is 20.2 Å². The van der Waals surface area contributed by atoms with Gasteiger partial charge in [-0.3, -0.25) is 4.90 Å². The number of hydrogen-bond donors (Lipinski definition) is 1. The Labute approximate surface area is 165 Å². The van der Waals surface area contributed by atoms with Crippen molar-refractivity contribution in [2.24, 2.45) is 7.05 Å². The molecule has 0 radical (unpaired) electrons. The number of aryl methyl sites for hydroxylation is 2. The van der Waals surface area contributed by atoms with Gasteiger partial charge in [-0.15, -0.1) is 10.2 Å². The zero-order chi connectivity index (χ0) is 19.7. The number of aliphatic hydroxyl groups excluding tert-OH is 1. The molecule has 1 saturated heterocycles. The van der Waals surface area contributed by atoms with E-state index < -0.39 is 0 Å². The molecule has 1 aliphatic heterocycles. The first-order valence-electron chi connectivity index (χ1n) is 9.89. The normalized spacial score (nSPS) is 16.0. The van der Waals surface area contributed by atoms with Gasteiger partial charge in [0.1, 0.15) is 12.4 Å². The average molecular weight is 380 g/mol. The lowest BCUT2D eigenvalue weighted by molar-refractivity contribution is 0.200. The summed E-state index contributed by atoms with van der Waals surface area (Å²) in [7, 11) is 1.94. The van der Waals surface area contributed by atoms with Gasteiger partial charge in [0.25, 0.3) is 0 Å². The number of benzene rings is 1. The number of aliphatic hydroxyl groups is 1. The Morgan fingerprint density at radius 2 is 1.89 bits per heavy atom. The van der Waals surface area contributed by atoms with Crippen molar-refractivity contribution >= 4 is 0 Å². The summed E-state index contributed by atoms with van der Waals surface area (Å²) in [6, 6.07) is 10.8. The molecule has 28 heavy (non-hydrogen) atoms. The Morgan fingerprint density at radius 1 is 1.11 bits per heavy atom. The van der Waals surface area contributed by atoms with Gasteiger partial charge in [0, 0.05) is 25.2 Å². The van der Waals surface area contributed by atoms with Crippen LogP contribution in [0.25, 0.3) is 5.69 Å². The van der Waals surface area contributed by atoms with Crippen molar-refractivity contribution in [3.8, 4) is 5.69 Å². The molecule has 3 aromatic rings. The smallest absolute Gasteiger partial charge is 0.158 e. The number of aromatic nitrogens is 5. The molecular formula is C21H28N6O. The maximum absolute atomic E-state index is 9.32. The van der Waals surface area contributed by atoms with Crippen LogP contribution in [0.15, 0.2) is 30.3 Å². The fourth-order valence-electron chi connectivity index (χ4n) is 4.15. The summed E-state index contributed by atoms with van der Waals surface area (Å²) in [5, 5.41) is 22.3. The summed E-state index contributed by atoms with van der Waals surface area (Å²) < 4.78 is 3.95. The van der Waals surface area contributed by atoms with Crippen LogP contribution in [0.2, 0.25) is 0 Å². The summed E-state index contributed by atoms with van der Waals surface area (Å²) in [5.41, 5.74) is 4.62. The van der Waals surface area contributed by atoms with Gasteiger partial charge in [-0.1, -0.05) is 12.1 Å². The molecule has 0 unspecified atom stereocenters.